The van der Waals surface area contributed by atoms with Gasteiger partial charge in [-0.25, -0.2) is 0 Å². The molecule has 3 aliphatic carbocycles. The van der Waals surface area contributed by atoms with Crippen molar-refractivity contribution >= 4 is 0 Å². The molecular formula is C15H27NO. The summed E-state index contributed by atoms with van der Waals surface area (Å²) in [6, 6.07) is 0. The predicted molar refractivity (Wildman–Crippen MR) is 70.1 cm³/mol. The molecule has 2 bridgehead atoms. The molecule has 0 aromatic heterocycles. The van der Waals surface area contributed by atoms with Crippen molar-refractivity contribution in [2.24, 2.45) is 5.41 Å². The third kappa shape index (κ3) is 2.04. The number of morpholine rings is 1. The molecule has 0 aromatic rings. The molecule has 3 saturated carbocycles. The monoisotopic (exact) mass is 237 g/mol. The predicted octanol–water partition coefficient (Wildman–Crippen LogP) is 3.21. The minimum atomic E-state index is 0.420. The molecule has 2 atom stereocenters. The number of ether oxygens (including phenoxy) is 1. The van der Waals surface area contributed by atoms with Crippen molar-refractivity contribution in [1.82, 2.24) is 4.90 Å². The molecule has 17 heavy (non-hydrogen) atoms. The van der Waals surface area contributed by atoms with Crippen molar-refractivity contribution in [3.63, 3.8) is 0 Å². The number of hydrogen-bond acceptors (Lipinski definition) is 2. The highest BCUT2D eigenvalue weighted by molar-refractivity contribution is 5.05. The van der Waals surface area contributed by atoms with Gasteiger partial charge in [0.1, 0.15) is 0 Å². The van der Waals surface area contributed by atoms with E-state index in [0.717, 1.165) is 13.1 Å². The first kappa shape index (κ1) is 12.0. The molecule has 0 spiro atoms. The van der Waals surface area contributed by atoms with Gasteiger partial charge in [-0.05, 0) is 57.8 Å². The summed E-state index contributed by atoms with van der Waals surface area (Å²) in [6.07, 6.45) is 9.49. The number of rotatable bonds is 1. The summed E-state index contributed by atoms with van der Waals surface area (Å²) in [5.74, 6) is 0. The van der Waals surface area contributed by atoms with E-state index in [2.05, 4.69) is 25.7 Å². The average Bonchev–Trinajstić information content (AvgIpc) is 2.29. The molecule has 4 aliphatic rings. The number of nitrogens with zero attached hydrogens (tertiary/aromatic N) is 1. The molecule has 2 heteroatoms. The minimum absolute atomic E-state index is 0.420. The van der Waals surface area contributed by atoms with Gasteiger partial charge < -0.3 is 4.74 Å². The normalized spacial score (nSPS) is 51.7. The van der Waals surface area contributed by atoms with Crippen molar-refractivity contribution in [3.8, 4) is 0 Å². The fraction of sp³-hybridized carbons (Fsp3) is 1.00. The van der Waals surface area contributed by atoms with Gasteiger partial charge >= 0.3 is 0 Å². The van der Waals surface area contributed by atoms with E-state index in [-0.39, 0.29) is 0 Å². The second-order valence-corrected chi connectivity index (χ2v) is 7.20. The van der Waals surface area contributed by atoms with Crippen molar-refractivity contribution in [3.05, 3.63) is 0 Å². The van der Waals surface area contributed by atoms with Crippen LogP contribution in [0.4, 0.5) is 0 Å². The van der Waals surface area contributed by atoms with Crippen molar-refractivity contribution in [2.75, 3.05) is 13.1 Å². The van der Waals surface area contributed by atoms with E-state index in [1.54, 1.807) is 0 Å². The van der Waals surface area contributed by atoms with Crippen molar-refractivity contribution < 1.29 is 4.74 Å². The molecule has 4 rings (SSSR count). The van der Waals surface area contributed by atoms with Crippen LogP contribution >= 0.6 is 0 Å². The fourth-order valence-corrected chi connectivity index (χ4v) is 4.39. The van der Waals surface area contributed by atoms with E-state index in [4.69, 9.17) is 4.74 Å². The molecule has 1 aliphatic heterocycles. The lowest BCUT2D eigenvalue weighted by Gasteiger charge is -2.58. The van der Waals surface area contributed by atoms with Crippen LogP contribution < -0.4 is 0 Å². The summed E-state index contributed by atoms with van der Waals surface area (Å²) >= 11 is 0. The Balaban J connectivity index is 1.75. The summed E-state index contributed by atoms with van der Waals surface area (Å²) in [7, 11) is 0. The maximum Gasteiger partial charge on any atom is 0.0678 e. The molecule has 1 heterocycles. The lowest BCUT2D eigenvalue weighted by molar-refractivity contribution is -0.134. The number of fused-ring (bicyclic) bond motifs is 3. The summed E-state index contributed by atoms with van der Waals surface area (Å²) in [5, 5.41) is 0. The van der Waals surface area contributed by atoms with E-state index in [9.17, 15) is 0 Å². The molecule has 1 saturated heterocycles. The molecule has 2 nitrogen and oxygen atoms in total. The highest BCUT2D eigenvalue weighted by Gasteiger charge is 2.50. The summed E-state index contributed by atoms with van der Waals surface area (Å²) in [4.78, 5) is 2.78. The van der Waals surface area contributed by atoms with Crippen molar-refractivity contribution in [2.45, 2.75) is 77.0 Å². The van der Waals surface area contributed by atoms with Crippen LogP contribution in [0.3, 0.4) is 0 Å². The van der Waals surface area contributed by atoms with Gasteiger partial charge in [-0.3, -0.25) is 4.90 Å². The third-order valence-electron chi connectivity index (χ3n) is 5.67. The van der Waals surface area contributed by atoms with E-state index < -0.39 is 0 Å². The maximum atomic E-state index is 5.89. The van der Waals surface area contributed by atoms with Crippen LogP contribution in [0, 0.1) is 5.41 Å². The van der Waals surface area contributed by atoms with E-state index in [1.165, 1.54) is 38.5 Å². The molecule has 0 radical (unpaired) electrons. The standard InChI is InChI=1S/C15H27NO/c1-12-10-16(11-13(2)17-12)15-7-4-14(3,5-8-15)6-9-15/h12-13H,4-11H2,1-3H3/t12-,13+,14?,15?. The van der Waals surface area contributed by atoms with Gasteiger partial charge in [-0.2, -0.15) is 0 Å². The summed E-state index contributed by atoms with van der Waals surface area (Å²) in [6.45, 7) is 9.27. The lowest BCUT2D eigenvalue weighted by atomic mass is 9.57. The van der Waals surface area contributed by atoms with Gasteiger partial charge in [0.25, 0.3) is 0 Å². The first-order valence-electron chi connectivity index (χ1n) is 7.42. The molecule has 0 N–H and O–H groups in total. The first-order chi connectivity index (χ1) is 8.01. The summed E-state index contributed by atoms with van der Waals surface area (Å²) in [5.41, 5.74) is 1.23. The third-order valence-corrected chi connectivity index (χ3v) is 5.67. The Morgan fingerprint density at radius 3 is 1.82 bits per heavy atom. The SMILES string of the molecule is C[C@@H]1CN(C23CCC(C)(CC2)CC3)C[C@H](C)O1. The van der Waals surface area contributed by atoms with E-state index in [1.807, 2.05) is 0 Å². The van der Waals surface area contributed by atoms with Crippen LogP contribution in [0.2, 0.25) is 0 Å². The molecule has 4 fully saturated rings. The number of hydrogen-bond donors (Lipinski definition) is 0. The molecule has 0 unspecified atom stereocenters. The Morgan fingerprint density at radius 1 is 0.882 bits per heavy atom. The second-order valence-electron chi connectivity index (χ2n) is 7.20. The van der Waals surface area contributed by atoms with Crippen LogP contribution in [-0.2, 0) is 4.74 Å². The average molecular weight is 237 g/mol. The van der Waals surface area contributed by atoms with Gasteiger partial charge in [0, 0.05) is 18.6 Å². The quantitative estimate of drug-likeness (QED) is 0.694. The molecule has 98 valence electrons. The van der Waals surface area contributed by atoms with Crippen LogP contribution in [0.15, 0.2) is 0 Å². The lowest BCUT2D eigenvalue weighted by Crippen LogP contribution is -2.61. The molecule has 0 aromatic carbocycles. The molecule has 0 amide bonds. The maximum absolute atomic E-state index is 5.89. The van der Waals surface area contributed by atoms with Gasteiger partial charge in [0.15, 0.2) is 0 Å². The summed E-state index contributed by atoms with van der Waals surface area (Å²) < 4.78 is 5.89. The highest BCUT2D eigenvalue weighted by Crippen LogP contribution is 2.54. The van der Waals surface area contributed by atoms with E-state index >= 15 is 0 Å². The Labute approximate surface area is 106 Å². The largest absolute Gasteiger partial charge is 0.373 e. The van der Waals surface area contributed by atoms with Gasteiger partial charge in [0.05, 0.1) is 12.2 Å². The Bertz CT molecular complexity index is 267. The topological polar surface area (TPSA) is 12.5 Å². The van der Waals surface area contributed by atoms with Crippen LogP contribution in [0.1, 0.15) is 59.3 Å². The highest BCUT2D eigenvalue weighted by atomic mass is 16.5. The smallest absolute Gasteiger partial charge is 0.0678 e. The Kier molecular flexibility index (Phi) is 2.79. The second kappa shape index (κ2) is 3.96. The zero-order valence-corrected chi connectivity index (χ0v) is 11.7. The van der Waals surface area contributed by atoms with Crippen LogP contribution in [0.5, 0.6) is 0 Å². The Hall–Kier alpha value is -0.0800. The first-order valence-corrected chi connectivity index (χ1v) is 7.42. The minimum Gasteiger partial charge on any atom is -0.373 e. The van der Waals surface area contributed by atoms with E-state index in [0.29, 0.717) is 23.2 Å². The van der Waals surface area contributed by atoms with Gasteiger partial charge in [0.2, 0.25) is 0 Å². The van der Waals surface area contributed by atoms with Crippen LogP contribution in [-0.4, -0.2) is 35.7 Å². The zero-order chi connectivity index (χ0) is 12.1. The van der Waals surface area contributed by atoms with Crippen molar-refractivity contribution in [1.29, 1.82) is 0 Å². The zero-order valence-electron chi connectivity index (χ0n) is 11.7. The Morgan fingerprint density at radius 2 is 1.35 bits per heavy atom. The van der Waals surface area contributed by atoms with Gasteiger partial charge in [-0.15, -0.1) is 0 Å². The van der Waals surface area contributed by atoms with Crippen LogP contribution in [0.25, 0.3) is 0 Å². The van der Waals surface area contributed by atoms with Gasteiger partial charge in [-0.1, -0.05) is 6.92 Å². The molecular weight excluding hydrogens is 210 g/mol. The fourth-order valence-electron chi connectivity index (χ4n) is 4.39.